The first-order valence-electron chi connectivity index (χ1n) is 5.69. The number of nitrogens with zero attached hydrogens (tertiary/aromatic N) is 1. The molecule has 0 fully saturated rings. The van der Waals surface area contributed by atoms with Gasteiger partial charge in [0.25, 0.3) is 0 Å². The maximum absolute atomic E-state index is 13.2. The molecule has 0 bridgehead atoms. The normalized spacial score (nSPS) is 10.7. The third-order valence-electron chi connectivity index (χ3n) is 2.63. The van der Waals surface area contributed by atoms with Gasteiger partial charge in [-0.2, -0.15) is 0 Å². The van der Waals surface area contributed by atoms with Gasteiger partial charge in [0.2, 0.25) is 11.7 Å². The zero-order chi connectivity index (χ0) is 14.1. The van der Waals surface area contributed by atoms with Crippen molar-refractivity contribution in [2.75, 3.05) is 0 Å². The molecular weight excluding hydrogens is 281 g/mol. The summed E-state index contributed by atoms with van der Waals surface area (Å²) in [5.74, 6) is -1.12. The highest BCUT2D eigenvalue weighted by molar-refractivity contribution is 7.17. The van der Waals surface area contributed by atoms with Gasteiger partial charge in [0.05, 0.1) is 6.26 Å². The second kappa shape index (κ2) is 4.90. The van der Waals surface area contributed by atoms with Crippen LogP contribution >= 0.6 is 11.3 Å². The van der Waals surface area contributed by atoms with Crippen molar-refractivity contribution in [3.05, 3.63) is 59.1 Å². The van der Waals surface area contributed by atoms with E-state index < -0.39 is 11.6 Å². The third kappa shape index (κ3) is 2.21. The number of carbonyl (C=O) groups is 1. The fourth-order valence-corrected chi connectivity index (χ4v) is 2.63. The molecule has 0 aliphatic heterocycles. The monoisotopic (exact) mass is 289 g/mol. The van der Waals surface area contributed by atoms with Crippen LogP contribution in [0.5, 0.6) is 5.88 Å². The van der Waals surface area contributed by atoms with Gasteiger partial charge >= 0.3 is 0 Å². The number of furan rings is 1. The van der Waals surface area contributed by atoms with Gasteiger partial charge in [0.15, 0.2) is 5.76 Å². The van der Waals surface area contributed by atoms with Crippen molar-refractivity contribution in [1.82, 2.24) is 4.98 Å². The summed E-state index contributed by atoms with van der Waals surface area (Å²) in [4.78, 5) is 16.0. The summed E-state index contributed by atoms with van der Waals surface area (Å²) in [6.45, 7) is 0. The number of carbonyl (C=O) groups excluding carboxylic acids is 1. The van der Waals surface area contributed by atoms with E-state index >= 15 is 0 Å². The van der Waals surface area contributed by atoms with Crippen molar-refractivity contribution in [2.45, 2.75) is 0 Å². The average Bonchev–Trinajstić information content (AvgIpc) is 3.07. The van der Waals surface area contributed by atoms with Gasteiger partial charge in [0.1, 0.15) is 15.7 Å². The Morgan fingerprint density at radius 2 is 2.15 bits per heavy atom. The predicted octanol–water partition coefficient (Wildman–Crippen LogP) is 3.48. The van der Waals surface area contributed by atoms with E-state index in [0.717, 1.165) is 11.3 Å². The molecule has 3 aromatic rings. The van der Waals surface area contributed by atoms with Crippen molar-refractivity contribution in [1.29, 1.82) is 0 Å². The van der Waals surface area contributed by atoms with E-state index in [1.807, 2.05) is 0 Å². The van der Waals surface area contributed by atoms with Gasteiger partial charge in [0, 0.05) is 5.56 Å². The van der Waals surface area contributed by atoms with Gasteiger partial charge < -0.3 is 9.52 Å². The Morgan fingerprint density at radius 3 is 2.85 bits per heavy atom. The Labute approximate surface area is 117 Å². The Balaban J connectivity index is 2.01. The SMILES string of the molecule is O=C(c1ccco1)c1sc(-c2cccc(F)c2)nc1O. The highest BCUT2D eigenvalue weighted by atomic mass is 32.1. The lowest BCUT2D eigenvalue weighted by Gasteiger charge is -1.94. The fraction of sp³-hybridized carbons (Fsp3) is 0. The molecule has 0 aliphatic rings. The molecule has 2 aromatic heterocycles. The van der Waals surface area contributed by atoms with Crippen molar-refractivity contribution in [3.63, 3.8) is 0 Å². The van der Waals surface area contributed by atoms with Crippen LogP contribution in [-0.2, 0) is 0 Å². The number of thiazole rings is 1. The van der Waals surface area contributed by atoms with E-state index in [9.17, 15) is 14.3 Å². The molecule has 0 spiro atoms. The van der Waals surface area contributed by atoms with E-state index in [1.54, 1.807) is 12.1 Å². The minimum absolute atomic E-state index is 0.0687. The van der Waals surface area contributed by atoms with Crippen molar-refractivity contribution in [3.8, 4) is 16.5 Å². The predicted molar refractivity (Wildman–Crippen MR) is 71.3 cm³/mol. The van der Waals surface area contributed by atoms with Gasteiger partial charge in [-0.3, -0.25) is 4.79 Å². The number of rotatable bonds is 3. The lowest BCUT2D eigenvalue weighted by molar-refractivity contribution is 0.101. The molecule has 100 valence electrons. The molecule has 0 unspecified atom stereocenters. The van der Waals surface area contributed by atoms with Crippen LogP contribution in [0.15, 0.2) is 47.1 Å². The van der Waals surface area contributed by atoms with Crippen molar-refractivity contribution < 1.29 is 18.7 Å². The Kier molecular flexibility index (Phi) is 3.08. The second-order valence-corrected chi connectivity index (χ2v) is 4.99. The molecule has 0 saturated heterocycles. The molecule has 0 aliphatic carbocycles. The number of aromatic nitrogens is 1. The second-order valence-electron chi connectivity index (χ2n) is 3.99. The van der Waals surface area contributed by atoms with Crippen LogP contribution in [0.2, 0.25) is 0 Å². The van der Waals surface area contributed by atoms with E-state index in [0.29, 0.717) is 10.6 Å². The lowest BCUT2D eigenvalue weighted by Crippen LogP contribution is -1.96. The Morgan fingerprint density at radius 1 is 1.30 bits per heavy atom. The number of hydrogen-bond acceptors (Lipinski definition) is 5. The highest BCUT2D eigenvalue weighted by Crippen LogP contribution is 2.33. The van der Waals surface area contributed by atoms with Crippen LogP contribution in [0.25, 0.3) is 10.6 Å². The maximum Gasteiger partial charge on any atom is 0.243 e. The largest absolute Gasteiger partial charge is 0.492 e. The number of aromatic hydroxyl groups is 1. The highest BCUT2D eigenvalue weighted by Gasteiger charge is 2.21. The summed E-state index contributed by atoms with van der Waals surface area (Å²) in [6, 6.07) is 8.88. The molecule has 3 rings (SSSR count). The van der Waals surface area contributed by atoms with Crippen LogP contribution < -0.4 is 0 Å². The lowest BCUT2D eigenvalue weighted by atomic mass is 10.2. The van der Waals surface area contributed by atoms with Crippen LogP contribution in [0, 0.1) is 5.82 Å². The molecule has 0 amide bonds. The summed E-state index contributed by atoms with van der Waals surface area (Å²) in [6.07, 6.45) is 1.37. The first-order chi connectivity index (χ1) is 9.65. The summed E-state index contributed by atoms with van der Waals surface area (Å²) in [7, 11) is 0. The molecule has 2 heterocycles. The Hall–Kier alpha value is -2.47. The molecular formula is C14H8FNO3S. The number of halogens is 1. The molecule has 0 radical (unpaired) electrons. The van der Waals surface area contributed by atoms with Gasteiger partial charge in [-0.15, -0.1) is 11.3 Å². The van der Waals surface area contributed by atoms with Gasteiger partial charge in [-0.25, -0.2) is 9.37 Å². The molecule has 1 aromatic carbocycles. The zero-order valence-electron chi connectivity index (χ0n) is 10.0. The fourth-order valence-electron chi connectivity index (χ4n) is 1.72. The van der Waals surface area contributed by atoms with Gasteiger partial charge in [-0.1, -0.05) is 12.1 Å². The molecule has 6 heteroatoms. The van der Waals surface area contributed by atoms with Gasteiger partial charge in [-0.05, 0) is 24.3 Å². The number of hydrogen-bond donors (Lipinski definition) is 1. The third-order valence-corrected chi connectivity index (χ3v) is 3.72. The minimum Gasteiger partial charge on any atom is -0.492 e. The van der Waals surface area contributed by atoms with Crippen LogP contribution in [-0.4, -0.2) is 15.9 Å². The molecule has 0 saturated carbocycles. The van der Waals surface area contributed by atoms with Crippen molar-refractivity contribution in [2.24, 2.45) is 0 Å². The Bertz CT molecular complexity index is 765. The number of benzene rings is 1. The van der Waals surface area contributed by atoms with E-state index in [4.69, 9.17) is 4.42 Å². The summed E-state index contributed by atoms with van der Waals surface area (Å²) in [5, 5.41) is 10.1. The first-order valence-corrected chi connectivity index (χ1v) is 6.51. The minimum atomic E-state index is -0.451. The summed E-state index contributed by atoms with van der Waals surface area (Å²) in [5.41, 5.74) is 0.504. The average molecular weight is 289 g/mol. The van der Waals surface area contributed by atoms with Crippen LogP contribution in [0.1, 0.15) is 15.4 Å². The molecule has 4 nitrogen and oxygen atoms in total. The number of ketones is 1. The quantitative estimate of drug-likeness (QED) is 0.750. The molecule has 20 heavy (non-hydrogen) atoms. The van der Waals surface area contributed by atoms with E-state index in [-0.39, 0.29) is 16.5 Å². The van der Waals surface area contributed by atoms with Crippen LogP contribution in [0.4, 0.5) is 4.39 Å². The summed E-state index contributed by atoms with van der Waals surface area (Å²) >= 11 is 0.990. The smallest absolute Gasteiger partial charge is 0.243 e. The first kappa shape index (κ1) is 12.6. The van der Waals surface area contributed by atoms with E-state index in [1.165, 1.54) is 30.5 Å². The zero-order valence-corrected chi connectivity index (χ0v) is 10.9. The molecule has 1 N–H and O–H groups in total. The summed E-state index contributed by atoms with van der Waals surface area (Å²) < 4.78 is 18.2. The van der Waals surface area contributed by atoms with Crippen LogP contribution in [0.3, 0.4) is 0 Å². The standard InChI is InChI=1S/C14H8FNO3S/c15-9-4-1-3-8(7-9)14-16-13(18)12(20-14)11(17)10-5-2-6-19-10/h1-7,18H. The maximum atomic E-state index is 13.2. The topological polar surface area (TPSA) is 63.3 Å². The van der Waals surface area contributed by atoms with E-state index in [2.05, 4.69) is 4.98 Å². The van der Waals surface area contributed by atoms with Crippen molar-refractivity contribution >= 4 is 17.1 Å². The molecule has 0 atom stereocenters.